The van der Waals surface area contributed by atoms with Crippen LogP contribution in [0.2, 0.25) is 10.0 Å². The molecule has 0 aliphatic carbocycles. The van der Waals surface area contributed by atoms with E-state index in [-0.39, 0.29) is 31.8 Å². The van der Waals surface area contributed by atoms with Gasteiger partial charge in [-0.05, 0) is 107 Å². The summed E-state index contributed by atoms with van der Waals surface area (Å²) in [5.41, 5.74) is 2.99. The van der Waals surface area contributed by atoms with Gasteiger partial charge in [-0.25, -0.2) is 4.98 Å². The Morgan fingerprint density at radius 3 is 2.39 bits per heavy atom. The molecular weight excluding hydrogens is 855 g/mol. The SMILES string of the molecule is C[C@H]1C(=O)N[C@@H](CO)C(=O)N[C@@]2(Cc3ccc(Cl)cc3)CCCN(C2)C(=O)[C@H](Cc2ccccn2)CC(=O)N1Cc1ccc(Cl)cc1Oc1ccc(-c2cnc(CN(C)C)n2C)cc1. The molecule has 3 N–H and O–H groups in total. The molecule has 7 rings (SSSR count). The number of halogens is 2. The van der Waals surface area contributed by atoms with E-state index in [9.17, 15) is 24.3 Å². The predicted molar refractivity (Wildman–Crippen MR) is 244 cm³/mol. The van der Waals surface area contributed by atoms with Crippen molar-refractivity contribution in [3.8, 4) is 22.8 Å². The minimum Gasteiger partial charge on any atom is -0.457 e. The number of nitrogens with one attached hydrogen (secondary N) is 2. The van der Waals surface area contributed by atoms with Gasteiger partial charge in [-0.3, -0.25) is 24.2 Å². The van der Waals surface area contributed by atoms with E-state index in [1.807, 2.05) is 80.4 Å². The van der Waals surface area contributed by atoms with Gasteiger partial charge in [-0.15, -0.1) is 0 Å². The van der Waals surface area contributed by atoms with Crippen molar-refractivity contribution >= 4 is 46.8 Å². The third-order valence-electron chi connectivity index (χ3n) is 12.0. The topological polar surface area (TPSA) is 162 Å². The summed E-state index contributed by atoms with van der Waals surface area (Å²) in [6, 6.07) is 22.8. The van der Waals surface area contributed by atoms with Crippen LogP contribution in [-0.4, -0.2) is 109 Å². The van der Waals surface area contributed by atoms with Crippen LogP contribution in [-0.2, 0) is 52.2 Å². The van der Waals surface area contributed by atoms with Crippen LogP contribution in [0.25, 0.3) is 11.3 Å². The molecule has 2 aliphatic rings. The van der Waals surface area contributed by atoms with Gasteiger partial charge in [0.1, 0.15) is 29.4 Å². The first-order valence-corrected chi connectivity index (χ1v) is 22.1. The Labute approximate surface area is 383 Å². The van der Waals surface area contributed by atoms with Gasteiger partial charge in [0, 0.05) is 66.0 Å². The summed E-state index contributed by atoms with van der Waals surface area (Å²) < 4.78 is 8.48. The number of aliphatic hydroxyl groups is 1. The molecule has 4 amide bonds. The summed E-state index contributed by atoms with van der Waals surface area (Å²) in [5.74, 6) is -1.08. The minimum atomic E-state index is -1.34. The molecule has 16 heteroatoms. The number of pyridine rings is 1. The highest BCUT2D eigenvalue weighted by molar-refractivity contribution is 6.31. The zero-order valence-corrected chi connectivity index (χ0v) is 38.0. The van der Waals surface area contributed by atoms with E-state index in [2.05, 4.69) is 25.5 Å². The average Bonchev–Trinajstić information content (AvgIpc) is 3.63. The van der Waals surface area contributed by atoms with Gasteiger partial charge in [0.25, 0.3) is 0 Å². The van der Waals surface area contributed by atoms with Crippen molar-refractivity contribution in [2.45, 2.75) is 69.7 Å². The number of aromatic nitrogens is 3. The standard InChI is InChI=1S/C48H54Cl2N8O6/c1-31-45(61)53-40(29-59)46(62)54-48(25-32-9-14-36(49)15-10-32)19-7-21-57(30-48)47(63)35(22-38-8-5-6-20-51-38)23-44(60)58(31)27-34-11-16-37(50)24-42(34)64-39-17-12-33(13-18-39)41-26-52-43(56(41)4)28-55(2)3/h5-6,8-18,20,24,26,31,35,40,59H,7,19,21-23,25,27-30H2,1-4H3,(H,53,61)(H,54,62)/t31-,35+,40-,48+/m0/s1. The maximum atomic E-state index is 14.8. The Balaban J connectivity index is 1.20. The maximum Gasteiger partial charge on any atom is 0.245 e. The van der Waals surface area contributed by atoms with E-state index < -0.39 is 47.9 Å². The highest BCUT2D eigenvalue weighted by Gasteiger charge is 2.43. The van der Waals surface area contributed by atoms with Crippen LogP contribution in [0.4, 0.5) is 0 Å². The Morgan fingerprint density at radius 1 is 0.938 bits per heavy atom. The number of amides is 4. The Bertz CT molecular complexity index is 2450. The third-order valence-corrected chi connectivity index (χ3v) is 12.4. The monoisotopic (exact) mass is 908 g/mol. The van der Waals surface area contributed by atoms with Crippen LogP contribution in [0, 0.1) is 5.92 Å². The Morgan fingerprint density at radius 2 is 1.69 bits per heavy atom. The fourth-order valence-corrected chi connectivity index (χ4v) is 8.82. The summed E-state index contributed by atoms with van der Waals surface area (Å²) in [6.07, 6.45) is 4.86. The van der Waals surface area contributed by atoms with Gasteiger partial charge in [0.05, 0.1) is 43.0 Å². The minimum absolute atomic E-state index is 0.115. The Kier molecular flexibility index (Phi) is 14.7. The van der Waals surface area contributed by atoms with Gasteiger partial charge in [-0.2, -0.15) is 0 Å². The van der Waals surface area contributed by atoms with E-state index in [0.29, 0.717) is 65.2 Å². The fourth-order valence-electron chi connectivity index (χ4n) is 8.53. The van der Waals surface area contributed by atoms with Crippen LogP contribution in [0.3, 0.4) is 0 Å². The van der Waals surface area contributed by atoms with Crippen molar-refractivity contribution in [3.05, 3.63) is 130 Å². The van der Waals surface area contributed by atoms with Crippen molar-refractivity contribution in [2.75, 3.05) is 33.8 Å². The third kappa shape index (κ3) is 11.1. The lowest BCUT2D eigenvalue weighted by atomic mass is 9.82. The molecular formula is C48H54Cl2N8O6. The molecule has 0 unspecified atom stereocenters. The quantitative estimate of drug-likeness (QED) is 0.140. The van der Waals surface area contributed by atoms with Crippen molar-refractivity contribution < 1.29 is 29.0 Å². The number of hydrogen-bond acceptors (Lipinski definition) is 9. The average molecular weight is 910 g/mol. The second-order valence-corrected chi connectivity index (χ2v) is 17.9. The van der Waals surface area contributed by atoms with E-state index in [1.165, 1.54) is 4.90 Å². The van der Waals surface area contributed by atoms with Crippen LogP contribution in [0.1, 0.15) is 48.8 Å². The van der Waals surface area contributed by atoms with E-state index in [4.69, 9.17) is 27.9 Å². The largest absolute Gasteiger partial charge is 0.457 e. The summed E-state index contributed by atoms with van der Waals surface area (Å²) in [5, 5.41) is 17.3. The lowest BCUT2D eigenvalue weighted by Crippen LogP contribution is -2.65. The van der Waals surface area contributed by atoms with Crippen LogP contribution in [0.15, 0.2) is 97.3 Å². The number of carbonyl (C=O) groups excluding carboxylic acids is 4. The number of piperidine rings is 1. The van der Waals surface area contributed by atoms with Gasteiger partial charge in [0.2, 0.25) is 23.6 Å². The molecule has 0 radical (unpaired) electrons. The number of imidazole rings is 1. The molecule has 4 heterocycles. The lowest BCUT2D eigenvalue weighted by molar-refractivity contribution is -0.147. The number of benzene rings is 3. The number of rotatable bonds is 12. The summed E-state index contributed by atoms with van der Waals surface area (Å²) in [7, 11) is 5.96. The van der Waals surface area contributed by atoms with Crippen LogP contribution >= 0.6 is 23.2 Å². The molecule has 3 aromatic carbocycles. The molecule has 2 bridgehead atoms. The number of ether oxygens (including phenoxy) is 1. The van der Waals surface area contributed by atoms with Gasteiger partial charge in [0.15, 0.2) is 0 Å². The second kappa shape index (κ2) is 20.4. The first-order valence-electron chi connectivity index (χ1n) is 21.4. The Hall–Kier alpha value is -5.80. The van der Waals surface area contributed by atoms with E-state index >= 15 is 0 Å². The molecule has 2 saturated heterocycles. The molecule has 2 fully saturated rings. The van der Waals surface area contributed by atoms with Gasteiger partial charge in [-0.1, -0.05) is 47.5 Å². The number of hydrogen-bond donors (Lipinski definition) is 3. The van der Waals surface area contributed by atoms with Crippen LogP contribution < -0.4 is 15.4 Å². The zero-order chi connectivity index (χ0) is 45.5. The van der Waals surface area contributed by atoms with Gasteiger partial charge < -0.3 is 39.7 Å². The van der Waals surface area contributed by atoms with Crippen molar-refractivity contribution in [1.29, 1.82) is 0 Å². The molecule has 2 aliphatic heterocycles. The second-order valence-electron chi connectivity index (χ2n) is 17.0. The van der Waals surface area contributed by atoms with E-state index in [1.54, 1.807) is 54.4 Å². The number of aliphatic hydroxyl groups excluding tert-OH is 1. The van der Waals surface area contributed by atoms with Gasteiger partial charge >= 0.3 is 0 Å². The van der Waals surface area contributed by atoms with Crippen molar-refractivity contribution in [3.63, 3.8) is 0 Å². The number of fused-ring (bicyclic) bond motifs is 2. The molecule has 14 nitrogen and oxygen atoms in total. The molecule has 5 aromatic rings. The smallest absolute Gasteiger partial charge is 0.245 e. The lowest BCUT2D eigenvalue weighted by Gasteiger charge is -2.45. The van der Waals surface area contributed by atoms with Crippen molar-refractivity contribution in [1.82, 2.24) is 39.9 Å². The summed E-state index contributed by atoms with van der Waals surface area (Å²) in [4.78, 5) is 72.2. The first kappa shape index (κ1) is 46.2. The highest BCUT2D eigenvalue weighted by Crippen LogP contribution is 2.33. The molecule has 0 saturated carbocycles. The molecule has 0 spiro atoms. The number of nitrogens with zero attached hydrogens (tertiary/aromatic N) is 6. The fraction of sp³-hybridized carbons (Fsp3) is 0.375. The molecule has 336 valence electrons. The van der Waals surface area contributed by atoms with Crippen molar-refractivity contribution in [2.24, 2.45) is 13.0 Å². The number of carbonyl (C=O) groups is 4. The first-order chi connectivity index (χ1) is 30.7. The van der Waals surface area contributed by atoms with Crippen LogP contribution in [0.5, 0.6) is 11.5 Å². The summed E-state index contributed by atoms with van der Waals surface area (Å²) in [6.45, 7) is 1.99. The predicted octanol–water partition coefficient (Wildman–Crippen LogP) is 5.82. The zero-order valence-electron chi connectivity index (χ0n) is 36.5. The normalized spacial score (nSPS) is 21.1. The maximum absolute atomic E-state index is 14.8. The summed E-state index contributed by atoms with van der Waals surface area (Å²) >= 11 is 12.7. The molecule has 64 heavy (non-hydrogen) atoms. The highest BCUT2D eigenvalue weighted by atomic mass is 35.5. The van der Waals surface area contributed by atoms with E-state index in [0.717, 1.165) is 22.6 Å². The molecule has 2 aromatic heterocycles. The molecule has 4 atom stereocenters.